The number of hydrogen-bond acceptors (Lipinski definition) is 6. The van der Waals surface area contributed by atoms with Crippen LogP contribution in [-0.4, -0.2) is 39.5 Å². The first-order valence-corrected chi connectivity index (χ1v) is 13.2. The van der Waals surface area contributed by atoms with Crippen molar-refractivity contribution in [1.29, 1.82) is 0 Å². The van der Waals surface area contributed by atoms with Gasteiger partial charge in [0.15, 0.2) is 0 Å². The molecule has 7 nitrogen and oxygen atoms in total. The number of halogens is 3. The van der Waals surface area contributed by atoms with Gasteiger partial charge in [-0.15, -0.1) is 0 Å². The Morgan fingerprint density at radius 3 is 2.10 bits per heavy atom. The number of carboxylic acid groups (broad SMARTS) is 1. The summed E-state index contributed by atoms with van der Waals surface area (Å²) >= 11 is 0. The lowest BCUT2D eigenvalue weighted by Gasteiger charge is -2.40. The Balaban J connectivity index is 1.77. The summed E-state index contributed by atoms with van der Waals surface area (Å²) in [6, 6.07) is 18.5. The van der Waals surface area contributed by atoms with Crippen LogP contribution in [-0.2, 0) is 21.5 Å². The van der Waals surface area contributed by atoms with Crippen LogP contribution < -0.4 is 10.1 Å². The first kappa shape index (κ1) is 30.4. The highest BCUT2D eigenvalue weighted by molar-refractivity contribution is 5.82. The van der Waals surface area contributed by atoms with Crippen LogP contribution in [0.2, 0.25) is 0 Å². The Kier molecular flexibility index (Phi) is 9.37. The van der Waals surface area contributed by atoms with E-state index in [2.05, 4.69) is 15.3 Å². The number of ether oxygens (including phenoxy) is 1. The standard InChI is InChI=1S/C32H30F3N3O4/c1-19-9-7-8-12-26(19)32(22-10-5-4-6-11-22,29(30(40)41)42-31-37-20(2)15-21(3)38-31)36-18-24(39)13-14-25-27(34)16-23(33)17-28(25)35/h4-12,15-17,29,36H,13-14,18H2,1-3H3,(H,40,41)/t29-,32+/m1/s1. The molecule has 10 heteroatoms. The third-order valence-electron chi connectivity index (χ3n) is 6.93. The van der Waals surface area contributed by atoms with Crippen molar-refractivity contribution in [2.45, 2.75) is 45.3 Å². The Labute approximate surface area is 241 Å². The SMILES string of the molecule is Cc1cc(C)nc(O[C@H](C(=O)O)[C@](NCC(=O)CCc2c(F)cc(F)cc2F)(c2ccccc2)c2ccccc2C)n1. The molecule has 0 aliphatic rings. The second-order valence-electron chi connectivity index (χ2n) is 10.00. The van der Waals surface area contributed by atoms with Gasteiger partial charge in [-0.3, -0.25) is 10.1 Å². The van der Waals surface area contributed by atoms with E-state index < -0.39 is 46.4 Å². The van der Waals surface area contributed by atoms with Gasteiger partial charge in [0.25, 0.3) is 0 Å². The highest BCUT2D eigenvalue weighted by atomic mass is 19.1. The fourth-order valence-electron chi connectivity index (χ4n) is 5.03. The van der Waals surface area contributed by atoms with Crippen LogP contribution in [0.5, 0.6) is 6.01 Å². The molecule has 3 aromatic carbocycles. The molecule has 2 N–H and O–H groups in total. The third kappa shape index (κ3) is 6.66. The van der Waals surface area contributed by atoms with Gasteiger partial charge < -0.3 is 9.84 Å². The van der Waals surface area contributed by atoms with Gasteiger partial charge in [0.1, 0.15) is 28.8 Å². The summed E-state index contributed by atoms with van der Waals surface area (Å²) in [7, 11) is 0. The van der Waals surface area contributed by atoms with E-state index >= 15 is 0 Å². The van der Waals surface area contributed by atoms with E-state index in [1.165, 1.54) is 0 Å². The molecule has 0 spiro atoms. The molecule has 218 valence electrons. The predicted octanol–water partition coefficient (Wildman–Crippen LogP) is 5.39. The Hall–Kier alpha value is -4.57. The molecule has 0 aliphatic heterocycles. The molecule has 0 bridgehead atoms. The fraction of sp³-hybridized carbons (Fsp3) is 0.250. The van der Waals surface area contributed by atoms with Gasteiger partial charge in [-0.1, -0.05) is 54.6 Å². The molecule has 42 heavy (non-hydrogen) atoms. The number of Topliss-reactive ketones (excluding diaryl/α,β-unsaturated/α-hetero) is 1. The van der Waals surface area contributed by atoms with E-state index in [0.29, 0.717) is 40.2 Å². The first-order chi connectivity index (χ1) is 20.0. The largest absolute Gasteiger partial charge is 0.478 e. The van der Waals surface area contributed by atoms with E-state index in [0.717, 1.165) is 0 Å². The number of benzene rings is 3. The van der Waals surface area contributed by atoms with E-state index in [1.807, 2.05) is 13.0 Å². The van der Waals surface area contributed by atoms with Crippen molar-refractivity contribution in [1.82, 2.24) is 15.3 Å². The van der Waals surface area contributed by atoms with Crippen LogP contribution in [0, 0.1) is 38.2 Å². The zero-order valence-corrected chi connectivity index (χ0v) is 23.3. The average molecular weight is 578 g/mol. The number of rotatable bonds is 12. The molecule has 4 aromatic rings. The number of aryl methyl sites for hydroxylation is 3. The highest BCUT2D eigenvalue weighted by Gasteiger charge is 2.49. The Morgan fingerprint density at radius 2 is 1.50 bits per heavy atom. The van der Waals surface area contributed by atoms with Crippen molar-refractivity contribution in [3.63, 3.8) is 0 Å². The molecule has 0 saturated carbocycles. The van der Waals surface area contributed by atoms with Gasteiger partial charge in [-0.25, -0.2) is 27.9 Å². The van der Waals surface area contributed by atoms with Crippen LogP contribution >= 0.6 is 0 Å². The van der Waals surface area contributed by atoms with Gasteiger partial charge in [-0.2, -0.15) is 0 Å². The van der Waals surface area contributed by atoms with Crippen LogP contribution in [0.1, 0.15) is 40.1 Å². The molecule has 0 saturated heterocycles. The lowest BCUT2D eigenvalue weighted by Crippen LogP contribution is -2.59. The minimum atomic E-state index is -1.66. The second kappa shape index (κ2) is 12.9. The maximum absolute atomic E-state index is 14.2. The van der Waals surface area contributed by atoms with Crippen molar-refractivity contribution in [3.8, 4) is 6.01 Å². The van der Waals surface area contributed by atoms with Gasteiger partial charge in [0.2, 0.25) is 6.10 Å². The Morgan fingerprint density at radius 1 is 0.905 bits per heavy atom. The number of carbonyl (C=O) groups excluding carboxylic acids is 1. The summed E-state index contributed by atoms with van der Waals surface area (Å²) in [6.07, 6.45) is -2.26. The first-order valence-electron chi connectivity index (χ1n) is 13.2. The molecule has 0 amide bonds. The van der Waals surface area contributed by atoms with Crippen LogP contribution in [0.3, 0.4) is 0 Å². The highest BCUT2D eigenvalue weighted by Crippen LogP contribution is 2.37. The molecule has 0 aliphatic carbocycles. The van der Waals surface area contributed by atoms with Crippen molar-refractivity contribution < 1.29 is 32.6 Å². The summed E-state index contributed by atoms with van der Waals surface area (Å²) < 4.78 is 47.7. The number of nitrogens with one attached hydrogen (secondary N) is 1. The van der Waals surface area contributed by atoms with Gasteiger partial charge in [-0.05, 0) is 49.9 Å². The van der Waals surface area contributed by atoms with Crippen LogP contribution in [0.25, 0.3) is 0 Å². The molecule has 0 radical (unpaired) electrons. The average Bonchev–Trinajstić information content (AvgIpc) is 2.92. The van der Waals surface area contributed by atoms with Crippen LogP contribution in [0.4, 0.5) is 13.2 Å². The number of carbonyl (C=O) groups is 2. The van der Waals surface area contributed by atoms with Crippen molar-refractivity contribution >= 4 is 11.8 Å². The zero-order valence-electron chi connectivity index (χ0n) is 23.3. The van der Waals surface area contributed by atoms with Crippen LogP contribution in [0.15, 0.2) is 72.8 Å². The number of hydrogen-bond donors (Lipinski definition) is 2. The smallest absolute Gasteiger partial charge is 0.347 e. The summed E-state index contributed by atoms with van der Waals surface area (Å²) in [5, 5.41) is 13.8. The summed E-state index contributed by atoms with van der Waals surface area (Å²) in [6.45, 7) is 4.89. The summed E-state index contributed by atoms with van der Waals surface area (Å²) in [5.41, 5.74) is 0.833. The molecule has 0 fully saturated rings. The maximum atomic E-state index is 14.2. The van der Waals surface area contributed by atoms with Gasteiger partial charge >= 0.3 is 12.0 Å². The van der Waals surface area contributed by atoms with E-state index in [-0.39, 0.29) is 25.4 Å². The zero-order chi connectivity index (χ0) is 30.4. The number of aliphatic carboxylic acids is 1. The second-order valence-corrected chi connectivity index (χ2v) is 10.00. The fourth-order valence-corrected chi connectivity index (χ4v) is 5.03. The molecule has 1 heterocycles. The molecule has 4 rings (SSSR count). The topological polar surface area (TPSA) is 101 Å². The molecular weight excluding hydrogens is 547 g/mol. The van der Waals surface area contributed by atoms with Gasteiger partial charge in [0, 0.05) is 35.5 Å². The van der Waals surface area contributed by atoms with Crippen molar-refractivity contribution in [2.24, 2.45) is 0 Å². The lowest BCUT2D eigenvalue weighted by molar-refractivity contribution is -0.149. The van der Waals surface area contributed by atoms with E-state index in [4.69, 9.17) is 4.74 Å². The maximum Gasteiger partial charge on any atom is 0.347 e. The molecule has 1 aromatic heterocycles. The quantitative estimate of drug-likeness (QED) is 0.233. The minimum Gasteiger partial charge on any atom is -0.478 e. The number of aromatic nitrogens is 2. The monoisotopic (exact) mass is 577 g/mol. The molecule has 0 unspecified atom stereocenters. The normalized spacial score (nSPS) is 13.3. The predicted molar refractivity (Wildman–Crippen MR) is 150 cm³/mol. The van der Waals surface area contributed by atoms with Crippen molar-refractivity contribution in [3.05, 3.63) is 124 Å². The Bertz CT molecular complexity index is 1560. The molecule has 2 atom stereocenters. The third-order valence-corrected chi connectivity index (χ3v) is 6.93. The summed E-state index contributed by atoms with van der Waals surface area (Å²) in [4.78, 5) is 34.7. The molecular formula is C32H30F3N3O4. The lowest BCUT2D eigenvalue weighted by atomic mass is 9.76. The minimum absolute atomic E-state index is 0.149. The number of ketones is 1. The number of carboxylic acids is 1. The summed E-state index contributed by atoms with van der Waals surface area (Å²) in [5.74, 6) is -5.03. The van der Waals surface area contributed by atoms with Gasteiger partial charge in [0.05, 0.1) is 6.54 Å². The van der Waals surface area contributed by atoms with Crippen molar-refractivity contribution in [2.75, 3.05) is 6.54 Å². The number of nitrogens with zero attached hydrogens (tertiary/aromatic N) is 2. The van der Waals surface area contributed by atoms with E-state index in [9.17, 15) is 27.9 Å². The van der Waals surface area contributed by atoms with E-state index in [1.54, 1.807) is 68.4 Å².